The van der Waals surface area contributed by atoms with Gasteiger partial charge in [0.15, 0.2) is 0 Å². The molecule has 0 aliphatic rings. The van der Waals surface area contributed by atoms with Gasteiger partial charge >= 0.3 is 0 Å². The first-order valence-corrected chi connectivity index (χ1v) is 19.1. The smallest absolute Gasteiger partial charge is 0.206 e. The van der Waals surface area contributed by atoms with Gasteiger partial charge in [-0.1, -0.05) is 106 Å². The van der Waals surface area contributed by atoms with E-state index in [-0.39, 0.29) is 20.8 Å². The summed E-state index contributed by atoms with van der Waals surface area (Å²) < 4.78 is 40.0. The molecule has 0 saturated heterocycles. The fourth-order valence-corrected chi connectivity index (χ4v) is 7.52. The second-order valence-electron chi connectivity index (χ2n) is 14.2. The molecular weight excluding hydrogens is 649 g/mol. The minimum Gasteiger partial charge on any atom is -0.488 e. The largest absolute Gasteiger partial charge is 0.488 e. The van der Waals surface area contributed by atoms with Crippen molar-refractivity contribution in [1.82, 2.24) is 0 Å². The molecule has 0 radical (unpaired) electrons. The van der Waals surface area contributed by atoms with Crippen LogP contribution in [0.1, 0.15) is 59.9 Å². The Hall–Kier alpha value is -5.13. The Morgan fingerprint density at radius 2 is 0.961 bits per heavy atom. The third kappa shape index (κ3) is 7.95. The van der Waals surface area contributed by atoms with E-state index in [2.05, 4.69) is 90.1 Å². The van der Waals surface area contributed by atoms with Crippen LogP contribution in [-0.4, -0.2) is 14.0 Å². The summed E-state index contributed by atoms with van der Waals surface area (Å²) >= 11 is 0. The number of sulfone groups is 1. The summed E-state index contributed by atoms with van der Waals surface area (Å²) in [6.45, 7) is 12.7. The Morgan fingerprint density at radius 1 is 0.510 bits per heavy atom. The minimum absolute atomic E-state index is 0.0227. The highest BCUT2D eigenvalue weighted by Gasteiger charge is 2.24. The molecular formula is C46H46O4S. The molecule has 0 aliphatic carbocycles. The highest BCUT2D eigenvalue weighted by atomic mass is 32.2. The highest BCUT2D eigenvalue weighted by molar-refractivity contribution is 7.91. The quantitative estimate of drug-likeness (QED) is 0.135. The van der Waals surface area contributed by atoms with Crippen molar-refractivity contribution >= 4 is 9.84 Å². The van der Waals surface area contributed by atoms with Crippen LogP contribution in [0.3, 0.4) is 0 Å². The van der Waals surface area contributed by atoms with E-state index in [1.165, 1.54) is 0 Å². The van der Waals surface area contributed by atoms with Crippen LogP contribution >= 0.6 is 0 Å². The van der Waals surface area contributed by atoms with Gasteiger partial charge in [-0.3, -0.25) is 0 Å². The lowest BCUT2D eigenvalue weighted by Gasteiger charge is -2.27. The fraction of sp³-hybridized carbons (Fsp3) is 0.217. The molecule has 0 saturated carbocycles. The first-order valence-electron chi connectivity index (χ1n) is 17.6. The third-order valence-corrected chi connectivity index (χ3v) is 11.4. The number of ether oxygens (including phenoxy) is 2. The fourth-order valence-electron chi connectivity index (χ4n) is 6.26. The van der Waals surface area contributed by atoms with Crippen molar-refractivity contribution in [2.24, 2.45) is 0 Å². The molecule has 0 spiro atoms. The number of hydrogen-bond donors (Lipinski definition) is 0. The highest BCUT2D eigenvalue weighted by Crippen LogP contribution is 2.41. The molecule has 0 N–H and O–H groups in total. The van der Waals surface area contributed by atoms with Crippen LogP contribution in [0.15, 0.2) is 155 Å². The van der Waals surface area contributed by atoms with Gasteiger partial charge in [-0.05, 0) is 128 Å². The van der Waals surface area contributed by atoms with Crippen LogP contribution in [0.2, 0.25) is 0 Å². The summed E-state index contributed by atoms with van der Waals surface area (Å²) in [5, 5.41) is 0. The average Bonchev–Trinajstić information content (AvgIpc) is 3.15. The van der Waals surface area contributed by atoms with E-state index in [4.69, 9.17) is 9.47 Å². The summed E-state index contributed by atoms with van der Waals surface area (Å²) in [5.74, 6) is 2.05. The van der Waals surface area contributed by atoms with Crippen molar-refractivity contribution in [3.63, 3.8) is 0 Å². The van der Waals surface area contributed by atoms with E-state index in [9.17, 15) is 8.42 Å². The Morgan fingerprint density at radius 3 is 1.43 bits per heavy atom. The minimum atomic E-state index is -3.69. The van der Waals surface area contributed by atoms with Crippen LogP contribution in [0.5, 0.6) is 17.2 Å². The maximum Gasteiger partial charge on any atom is 0.206 e. The zero-order chi connectivity index (χ0) is 36.2. The molecule has 0 heterocycles. The lowest BCUT2D eigenvalue weighted by atomic mass is 9.78. The molecule has 5 heteroatoms. The normalized spacial score (nSPS) is 12.0. The van der Waals surface area contributed by atoms with Crippen LogP contribution in [0, 0.1) is 0 Å². The van der Waals surface area contributed by atoms with Gasteiger partial charge in [-0.25, -0.2) is 8.42 Å². The van der Waals surface area contributed by atoms with E-state index in [1.54, 1.807) is 36.4 Å². The molecule has 6 aromatic carbocycles. The van der Waals surface area contributed by atoms with Gasteiger partial charge in [-0.15, -0.1) is 0 Å². The Kier molecular flexibility index (Phi) is 10.2. The number of benzene rings is 6. The number of hydrogen-bond acceptors (Lipinski definition) is 4. The zero-order valence-corrected chi connectivity index (χ0v) is 31.1. The van der Waals surface area contributed by atoms with Crippen LogP contribution in [0.4, 0.5) is 0 Å². The van der Waals surface area contributed by atoms with Gasteiger partial charge in [0.1, 0.15) is 22.8 Å². The van der Waals surface area contributed by atoms with Crippen molar-refractivity contribution in [2.75, 3.05) is 0 Å². The van der Waals surface area contributed by atoms with Crippen LogP contribution in [0.25, 0.3) is 33.4 Å². The van der Waals surface area contributed by atoms with E-state index < -0.39 is 9.84 Å². The molecule has 51 heavy (non-hydrogen) atoms. The molecule has 0 unspecified atom stereocenters. The molecule has 6 rings (SSSR count). The lowest BCUT2D eigenvalue weighted by Crippen LogP contribution is -2.23. The topological polar surface area (TPSA) is 52.6 Å². The van der Waals surface area contributed by atoms with Gasteiger partial charge in [0.2, 0.25) is 9.84 Å². The number of rotatable bonds is 11. The van der Waals surface area contributed by atoms with Gasteiger partial charge in [0, 0.05) is 11.1 Å². The first kappa shape index (κ1) is 35.7. The Labute approximate surface area is 303 Å². The van der Waals surface area contributed by atoms with Crippen molar-refractivity contribution in [2.45, 2.75) is 75.2 Å². The Balaban J connectivity index is 1.31. The van der Waals surface area contributed by atoms with E-state index in [0.29, 0.717) is 11.5 Å². The summed E-state index contributed by atoms with van der Waals surface area (Å²) in [5.41, 5.74) is 6.96. The van der Waals surface area contributed by atoms with Gasteiger partial charge in [-0.2, -0.15) is 0 Å². The Bertz CT molecular complexity index is 2200. The molecule has 4 nitrogen and oxygen atoms in total. The van der Waals surface area contributed by atoms with Crippen molar-refractivity contribution in [3.8, 4) is 50.6 Å². The van der Waals surface area contributed by atoms with Crippen molar-refractivity contribution in [3.05, 3.63) is 151 Å². The SMILES string of the molecule is CCC(C)(CC)c1ccc(S(=O)(=O)c2ccc(Oc3ccc(-c4ccc(OC(C)(C)C)c(-c5ccccc5)c4)cc3-c3ccccc3)cc2)cc1. The van der Waals surface area contributed by atoms with Gasteiger partial charge < -0.3 is 9.47 Å². The third-order valence-electron chi connectivity index (χ3n) is 9.66. The first-order chi connectivity index (χ1) is 24.4. The summed E-state index contributed by atoms with van der Waals surface area (Å²) in [6, 6.07) is 46.9. The lowest BCUT2D eigenvalue weighted by molar-refractivity contribution is 0.132. The van der Waals surface area contributed by atoms with E-state index in [1.807, 2.05) is 60.7 Å². The van der Waals surface area contributed by atoms with E-state index in [0.717, 1.165) is 57.5 Å². The molecule has 260 valence electrons. The molecule has 0 amide bonds. The van der Waals surface area contributed by atoms with Gasteiger partial charge in [0.05, 0.1) is 9.79 Å². The monoisotopic (exact) mass is 694 g/mol. The van der Waals surface area contributed by atoms with Crippen molar-refractivity contribution < 1.29 is 17.9 Å². The molecule has 6 aromatic rings. The molecule has 0 aromatic heterocycles. The van der Waals surface area contributed by atoms with Gasteiger partial charge in [0.25, 0.3) is 0 Å². The molecule has 0 atom stereocenters. The zero-order valence-electron chi connectivity index (χ0n) is 30.3. The summed E-state index contributed by atoms with van der Waals surface area (Å²) in [6.07, 6.45) is 1.97. The van der Waals surface area contributed by atoms with E-state index >= 15 is 0 Å². The summed E-state index contributed by atoms with van der Waals surface area (Å²) in [4.78, 5) is 0.507. The summed E-state index contributed by atoms with van der Waals surface area (Å²) in [7, 11) is -3.69. The molecule has 0 aliphatic heterocycles. The maximum atomic E-state index is 13.6. The predicted octanol–water partition coefficient (Wildman–Crippen LogP) is 12.6. The predicted molar refractivity (Wildman–Crippen MR) is 209 cm³/mol. The standard InChI is InChI=1S/C46H46O4S/c1-7-46(6,8-2)37-21-25-39(26-22-37)51(47,48)40-27-23-38(24-28-40)49-43-29-19-35(31-41(43)33-15-11-9-12-16-33)36-20-30-44(50-45(3,4)5)42(32-36)34-17-13-10-14-18-34/h9-32H,7-8H2,1-6H3. The maximum absolute atomic E-state index is 13.6. The second-order valence-corrected chi connectivity index (χ2v) is 16.2. The molecule has 0 bridgehead atoms. The molecule has 0 fully saturated rings. The van der Waals surface area contributed by atoms with Crippen LogP contribution < -0.4 is 9.47 Å². The average molecular weight is 695 g/mol. The van der Waals surface area contributed by atoms with Crippen molar-refractivity contribution in [1.29, 1.82) is 0 Å². The van der Waals surface area contributed by atoms with Crippen LogP contribution in [-0.2, 0) is 15.3 Å². The second kappa shape index (κ2) is 14.6.